The van der Waals surface area contributed by atoms with Gasteiger partial charge in [0, 0.05) is 17.8 Å². The summed E-state index contributed by atoms with van der Waals surface area (Å²) in [6.45, 7) is 1.62. The van der Waals surface area contributed by atoms with Crippen molar-refractivity contribution in [2.24, 2.45) is 11.8 Å². The summed E-state index contributed by atoms with van der Waals surface area (Å²) in [6.07, 6.45) is 3.05. The van der Waals surface area contributed by atoms with Gasteiger partial charge in [-0.05, 0) is 41.3 Å². The number of rotatable bonds is 6. The van der Waals surface area contributed by atoms with Gasteiger partial charge >= 0.3 is 5.97 Å². The summed E-state index contributed by atoms with van der Waals surface area (Å²) in [7, 11) is 0. The van der Waals surface area contributed by atoms with Gasteiger partial charge in [-0.2, -0.15) is 0 Å². The molecule has 3 aliphatic heterocycles. The Morgan fingerprint density at radius 3 is 2.07 bits per heavy atom. The van der Waals surface area contributed by atoms with Crippen LogP contribution in [0.4, 0.5) is 17.1 Å². The highest BCUT2D eigenvalue weighted by Crippen LogP contribution is 2.50. The lowest BCUT2D eigenvalue weighted by atomic mass is 9.88. The number of carbonyl (C=O) groups is 3. The lowest BCUT2D eigenvalue weighted by Crippen LogP contribution is -2.49. The van der Waals surface area contributed by atoms with E-state index >= 15 is 0 Å². The fraction of sp³-hybridized carbons (Fsp3) is 0.171. The monoisotopic (exact) mass is 585 g/mol. The van der Waals surface area contributed by atoms with Gasteiger partial charge in [0.25, 0.3) is 5.69 Å². The van der Waals surface area contributed by atoms with E-state index in [1.54, 1.807) is 6.92 Å². The topological polar surface area (TPSA) is 110 Å². The molecule has 44 heavy (non-hydrogen) atoms. The number of para-hydroxylation sites is 1. The first-order valence-electron chi connectivity index (χ1n) is 14.3. The number of esters is 1. The smallest absolute Gasteiger partial charge is 0.330 e. The SMILES string of the molecule is Cc1cc([N+](=O)[O-])ccc1N1C(=O)[C@@H]2[C@H](C1=O)[C@H]1C=Cc3ccccc3N1[C@@H]2C(=O)OC(c1ccccc1)c1ccccc1. The van der Waals surface area contributed by atoms with E-state index < -0.39 is 52.7 Å². The number of carbonyl (C=O) groups excluding carboxylic acids is 3. The summed E-state index contributed by atoms with van der Waals surface area (Å²) in [4.78, 5) is 56.6. The van der Waals surface area contributed by atoms with Gasteiger partial charge in [-0.1, -0.05) is 91.0 Å². The molecule has 0 aromatic heterocycles. The van der Waals surface area contributed by atoms with Crippen molar-refractivity contribution >= 4 is 40.9 Å². The highest BCUT2D eigenvalue weighted by atomic mass is 16.6. The number of amides is 2. The van der Waals surface area contributed by atoms with Crippen molar-refractivity contribution in [1.29, 1.82) is 0 Å². The molecule has 3 aliphatic rings. The van der Waals surface area contributed by atoms with Gasteiger partial charge in [-0.3, -0.25) is 19.7 Å². The Morgan fingerprint density at radius 1 is 0.818 bits per heavy atom. The van der Waals surface area contributed by atoms with Crippen molar-refractivity contribution in [3.8, 4) is 0 Å². The van der Waals surface area contributed by atoms with Gasteiger partial charge < -0.3 is 9.64 Å². The maximum absolute atomic E-state index is 14.4. The zero-order valence-electron chi connectivity index (χ0n) is 23.6. The van der Waals surface area contributed by atoms with Crippen LogP contribution < -0.4 is 9.80 Å². The summed E-state index contributed by atoms with van der Waals surface area (Å²) >= 11 is 0. The minimum atomic E-state index is -1.09. The summed E-state index contributed by atoms with van der Waals surface area (Å²) in [5.41, 5.74) is 3.69. The van der Waals surface area contributed by atoms with Gasteiger partial charge in [0.05, 0.1) is 28.5 Å². The minimum absolute atomic E-state index is 0.141. The lowest BCUT2D eigenvalue weighted by molar-refractivity contribution is -0.384. The number of hydrogen-bond donors (Lipinski definition) is 0. The zero-order valence-corrected chi connectivity index (χ0v) is 23.6. The predicted octanol–water partition coefficient (Wildman–Crippen LogP) is 5.63. The largest absolute Gasteiger partial charge is 0.451 e. The number of ether oxygens (including phenoxy) is 1. The predicted molar refractivity (Wildman–Crippen MR) is 164 cm³/mol. The van der Waals surface area contributed by atoms with Crippen LogP contribution >= 0.6 is 0 Å². The molecule has 2 fully saturated rings. The van der Waals surface area contributed by atoms with Crippen LogP contribution in [0.1, 0.15) is 28.4 Å². The third-order valence-electron chi connectivity index (χ3n) is 8.73. The molecule has 0 N–H and O–H groups in total. The summed E-state index contributed by atoms with van der Waals surface area (Å²) in [5.74, 6) is -3.48. The highest BCUT2D eigenvalue weighted by molar-refractivity contribution is 6.25. The van der Waals surface area contributed by atoms with Crippen LogP contribution in [0, 0.1) is 28.9 Å². The van der Waals surface area contributed by atoms with Gasteiger partial charge in [0.2, 0.25) is 11.8 Å². The molecule has 0 bridgehead atoms. The Bertz CT molecular complexity index is 1800. The molecule has 2 saturated heterocycles. The molecular formula is C35H27N3O6. The van der Waals surface area contributed by atoms with Crippen LogP contribution in [0.3, 0.4) is 0 Å². The summed E-state index contributed by atoms with van der Waals surface area (Å²) in [5, 5.41) is 11.3. The molecule has 0 saturated carbocycles. The van der Waals surface area contributed by atoms with Gasteiger partial charge in [-0.15, -0.1) is 0 Å². The summed E-state index contributed by atoms with van der Waals surface area (Å²) < 4.78 is 6.31. The maximum Gasteiger partial charge on any atom is 0.330 e. The number of non-ortho nitro benzene ring substituents is 1. The molecule has 0 unspecified atom stereocenters. The van der Waals surface area contributed by atoms with Crippen LogP contribution in [-0.4, -0.2) is 34.8 Å². The highest BCUT2D eigenvalue weighted by Gasteiger charge is 2.65. The van der Waals surface area contributed by atoms with Crippen LogP contribution in [0.25, 0.3) is 6.08 Å². The zero-order chi connectivity index (χ0) is 30.5. The van der Waals surface area contributed by atoms with Crippen LogP contribution in [0.15, 0.2) is 109 Å². The Labute approximate surface area is 253 Å². The number of hydrogen-bond acceptors (Lipinski definition) is 7. The van der Waals surface area contributed by atoms with Crippen molar-refractivity contribution in [1.82, 2.24) is 0 Å². The van der Waals surface area contributed by atoms with Crippen LogP contribution in [0.5, 0.6) is 0 Å². The van der Waals surface area contributed by atoms with E-state index in [1.807, 2.05) is 102 Å². The number of nitro benzene ring substituents is 1. The molecule has 4 atom stereocenters. The van der Waals surface area contributed by atoms with E-state index in [4.69, 9.17) is 4.74 Å². The van der Waals surface area contributed by atoms with E-state index in [0.717, 1.165) is 27.3 Å². The molecule has 0 radical (unpaired) electrons. The second kappa shape index (κ2) is 10.6. The normalized spacial score (nSPS) is 21.7. The Balaban J connectivity index is 1.32. The molecule has 2 amide bonds. The molecule has 4 aromatic carbocycles. The first kappa shape index (κ1) is 27.3. The number of imide groups is 1. The van der Waals surface area contributed by atoms with E-state index in [9.17, 15) is 24.5 Å². The van der Waals surface area contributed by atoms with Crippen molar-refractivity contribution in [3.05, 3.63) is 142 Å². The summed E-state index contributed by atoms with van der Waals surface area (Å²) in [6, 6.07) is 28.7. The molecule has 3 heterocycles. The molecule has 9 heteroatoms. The molecule has 218 valence electrons. The van der Waals surface area contributed by atoms with E-state index in [0.29, 0.717) is 5.56 Å². The number of benzene rings is 4. The van der Waals surface area contributed by atoms with Crippen LogP contribution in [0.2, 0.25) is 0 Å². The standard InChI is InChI=1S/C35H27N3O6/c1-21-20-25(38(42)43)17-19-26(21)37-33(39)29-28-18-16-22-10-8-9-15-27(22)36(28)31(30(29)34(37)40)35(41)44-32(23-11-4-2-5-12-23)24-13-6-3-7-14-24/h2-20,28-32H,1H3/t28-,29-,30-,31+/m1/s1. The average Bonchev–Trinajstić information content (AvgIpc) is 3.53. The first-order chi connectivity index (χ1) is 21.3. The molecule has 0 spiro atoms. The van der Waals surface area contributed by atoms with Crippen molar-refractivity contribution in [2.45, 2.75) is 25.1 Å². The molecule has 4 aromatic rings. The molecular weight excluding hydrogens is 558 g/mol. The van der Waals surface area contributed by atoms with Crippen molar-refractivity contribution < 1.29 is 24.0 Å². The third-order valence-corrected chi connectivity index (χ3v) is 8.73. The Kier molecular flexibility index (Phi) is 6.58. The minimum Gasteiger partial charge on any atom is -0.451 e. The Hall–Kier alpha value is -5.57. The maximum atomic E-state index is 14.4. The molecule has 7 rings (SSSR count). The number of aryl methyl sites for hydroxylation is 1. The lowest BCUT2D eigenvalue weighted by Gasteiger charge is -2.36. The van der Waals surface area contributed by atoms with Crippen LogP contribution in [-0.2, 0) is 19.1 Å². The van der Waals surface area contributed by atoms with Gasteiger partial charge in [0.15, 0.2) is 6.10 Å². The fourth-order valence-corrected chi connectivity index (χ4v) is 6.80. The number of anilines is 2. The average molecular weight is 586 g/mol. The van der Waals surface area contributed by atoms with Crippen molar-refractivity contribution in [2.75, 3.05) is 9.80 Å². The Morgan fingerprint density at radius 2 is 1.43 bits per heavy atom. The quantitative estimate of drug-likeness (QED) is 0.125. The van der Waals surface area contributed by atoms with Gasteiger partial charge in [-0.25, -0.2) is 9.69 Å². The van der Waals surface area contributed by atoms with E-state index in [1.165, 1.54) is 18.2 Å². The van der Waals surface area contributed by atoms with Crippen molar-refractivity contribution in [3.63, 3.8) is 0 Å². The number of nitrogens with zero attached hydrogens (tertiary/aromatic N) is 3. The first-order valence-corrected chi connectivity index (χ1v) is 14.3. The fourth-order valence-electron chi connectivity index (χ4n) is 6.80. The molecule has 9 nitrogen and oxygen atoms in total. The third kappa shape index (κ3) is 4.27. The number of fused-ring (bicyclic) bond motifs is 5. The second-order valence-corrected chi connectivity index (χ2v) is 11.2. The van der Waals surface area contributed by atoms with E-state index in [2.05, 4.69) is 0 Å². The van der Waals surface area contributed by atoms with Gasteiger partial charge in [0.1, 0.15) is 6.04 Å². The van der Waals surface area contributed by atoms with E-state index in [-0.39, 0.29) is 11.4 Å². The molecule has 0 aliphatic carbocycles. The number of nitro groups is 1. The second-order valence-electron chi connectivity index (χ2n) is 11.2.